The van der Waals surface area contributed by atoms with E-state index in [1.165, 1.54) is 13.0 Å². The first-order valence-corrected chi connectivity index (χ1v) is 5.72. The number of rotatable bonds is 5. The van der Waals surface area contributed by atoms with Gasteiger partial charge < -0.3 is 15.5 Å². The molecule has 0 fully saturated rings. The topological polar surface area (TPSA) is 52.5 Å². The van der Waals surface area contributed by atoms with Crippen molar-refractivity contribution in [3.63, 3.8) is 0 Å². The van der Waals surface area contributed by atoms with Crippen LogP contribution in [0.4, 0.5) is 4.39 Å². The van der Waals surface area contributed by atoms with Gasteiger partial charge in [0.2, 0.25) is 0 Å². The van der Waals surface area contributed by atoms with Crippen LogP contribution in [0.3, 0.4) is 0 Å². The number of aliphatic hydroxyl groups excluding tert-OH is 1. The van der Waals surface area contributed by atoms with Gasteiger partial charge in [0.25, 0.3) is 0 Å². The summed E-state index contributed by atoms with van der Waals surface area (Å²) in [5.74, 6) is -0.292. The van der Waals surface area contributed by atoms with Crippen LogP contribution < -0.4 is 5.32 Å². The molecule has 16 heavy (non-hydrogen) atoms. The van der Waals surface area contributed by atoms with Crippen molar-refractivity contribution in [3.8, 4) is 0 Å². The average molecular weight is 292 g/mol. The number of benzene rings is 1. The first-order valence-electron chi connectivity index (χ1n) is 4.92. The maximum absolute atomic E-state index is 13.3. The molecule has 3 N–H and O–H groups in total. The molecule has 0 heterocycles. The lowest BCUT2D eigenvalue weighted by Crippen LogP contribution is -2.40. The summed E-state index contributed by atoms with van der Waals surface area (Å²) >= 11 is 3.26. The van der Waals surface area contributed by atoms with Crippen molar-refractivity contribution in [2.45, 2.75) is 19.1 Å². The van der Waals surface area contributed by atoms with E-state index in [2.05, 4.69) is 21.2 Å². The Hall–Kier alpha value is -0.490. The van der Waals surface area contributed by atoms with Gasteiger partial charge in [0, 0.05) is 23.1 Å². The van der Waals surface area contributed by atoms with Crippen molar-refractivity contribution in [2.75, 3.05) is 13.2 Å². The Bertz CT molecular complexity index is 358. The van der Waals surface area contributed by atoms with Crippen LogP contribution in [0.25, 0.3) is 0 Å². The van der Waals surface area contributed by atoms with Crippen LogP contribution in [0, 0.1) is 5.82 Å². The zero-order valence-corrected chi connectivity index (χ0v) is 10.6. The highest BCUT2D eigenvalue weighted by Gasteiger charge is 2.18. The van der Waals surface area contributed by atoms with Gasteiger partial charge in [-0.2, -0.15) is 0 Å². The van der Waals surface area contributed by atoms with Gasteiger partial charge in [0.15, 0.2) is 0 Å². The second-order valence-corrected chi connectivity index (χ2v) is 4.91. The highest BCUT2D eigenvalue weighted by molar-refractivity contribution is 9.10. The molecule has 0 radical (unpaired) electrons. The van der Waals surface area contributed by atoms with Gasteiger partial charge in [-0.3, -0.25) is 0 Å². The van der Waals surface area contributed by atoms with Crippen molar-refractivity contribution in [1.82, 2.24) is 5.32 Å². The molecule has 0 aromatic heterocycles. The number of nitrogens with one attached hydrogen (secondary N) is 1. The van der Waals surface area contributed by atoms with Crippen LogP contribution in [0.2, 0.25) is 0 Å². The molecule has 0 spiro atoms. The zero-order valence-electron chi connectivity index (χ0n) is 9.00. The second-order valence-electron chi connectivity index (χ2n) is 3.99. The first kappa shape index (κ1) is 13.6. The van der Waals surface area contributed by atoms with Crippen LogP contribution in [0.1, 0.15) is 12.5 Å². The van der Waals surface area contributed by atoms with Crippen LogP contribution in [0.15, 0.2) is 22.7 Å². The third-order valence-electron chi connectivity index (χ3n) is 2.17. The third kappa shape index (κ3) is 4.17. The zero-order chi connectivity index (χ0) is 12.2. The molecule has 0 aliphatic heterocycles. The molecule has 1 unspecified atom stereocenters. The predicted molar refractivity (Wildman–Crippen MR) is 63.5 cm³/mol. The van der Waals surface area contributed by atoms with Crippen molar-refractivity contribution < 1.29 is 14.6 Å². The number of halogens is 2. The van der Waals surface area contributed by atoms with Gasteiger partial charge in [0.1, 0.15) is 5.82 Å². The van der Waals surface area contributed by atoms with Gasteiger partial charge in [0.05, 0.1) is 12.2 Å². The summed E-state index contributed by atoms with van der Waals surface area (Å²) in [4.78, 5) is 0. The first-order chi connectivity index (χ1) is 7.44. The molecule has 0 saturated heterocycles. The molecule has 5 heteroatoms. The predicted octanol–water partition coefficient (Wildman–Crippen LogP) is 1.42. The monoisotopic (exact) mass is 291 g/mol. The molecule has 1 atom stereocenters. The minimum absolute atomic E-state index is 0.204. The van der Waals surface area contributed by atoms with Crippen molar-refractivity contribution in [3.05, 3.63) is 34.1 Å². The lowest BCUT2D eigenvalue weighted by atomic mass is 10.1. The van der Waals surface area contributed by atoms with Gasteiger partial charge in [-0.15, -0.1) is 0 Å². The molecular formula is C11H15BrFNO2. The quantitative estimate of drug-likeness (QED) is 0.769. The van der Waals surface area contributed by atoms with Gasteiger partial charge in [-0.1, -0.05) is 15.9 Å². The summed E-state index contributed by atoms with van der Waals surface area (Å²) in [5, 5.41) is 21.2. The molecular weight excluding hydrogens is 277 g/mol. The second kappa shape index (κ2) is 5.72. The summed E-state index contributed by atoms with van der Waals surface area (Å²) in [7, 11) is 0. The Balaban J connectivity index is 2.52. The normalized spacial score (nSPS) is 14.8. The van der Waals surface area contributed by atoms with E-state index in [0.717, 1.165) is 4.47 Å². The Morgan fingerprint density at radius 1 is 1.50 bits per heavy atom. The van der Waals surface area contributed by atoms with Crippen molar-refractivity contribution in [2.24, 2.45) is 0 Å². The molecule has 1 aromatic rings. The number of aliphatic hydroxyl groups is 2. The highest BCUT2D eigenvalue weighted by Crippen LogP contribution is 2.15. The molecule has 90 valence electrons. The summed E-state index contributed by atoms with van der Waals surface area (Å²) in [5.41, 5.74) is -0.661. The number of hydrogen-bond acceptors (Lipinski definition) is 3. The van der Waals surface area contributed by atoms with E-state index in [1.807, 2.05) is 0 Å². The van der Waals surface area contributed by atoms with Gasteiger partial charge in [-0.05, 0) is 25.1 Å². The minimum atomic E-state index is -1.18. The van der Waals surface area contributed by atoms with Crippen molar-refractivity contribution >= 4 is 15.9 Å². The Kier molecular flexibility index (Phi) is 4.86. The van der Waals surface area contributed by atoms with Crippen LogP contribution in [-0.2, 0) is 6.54 Å². The fourth-order valence-electron chi connectivity index (χ4n) is 1.20. The molecule has 0 aliphatic rings. The van der Waals surface area contributed by atoms with E-state index in [0.29, 0.717) is 12.1 Å². The maximum atomic E-state index is 13.3. The van der Waals surface area contributed by atoms with Crippen LogP contribution >= 0.6 is 15.9 Å². The van der Waals surface area contributed by atoms with E-state index in [4.69, 9.17) is 5.11 Å². The SMILES string of the molecule is CC(O)(CO)CNCc1cc(Br)ccc1F. The minimum Gasteiger partial charge on any atom is -0.393 e. The van der Waals surface area contributed by atoms with Gasteiger partial charge in [-0.25, -0.2) is 4.39 Å². The molecule has 1 aromatic carbocycles. The fourth-order valence-corrected chi connectivity index (χ4v) is 1.61. The summed E-state index contributed by atoms with van der Waals surface area (Å²) < 4.78 is 14.1. The lowest BCUT2D eigenvalue weighted by molar-refractivity contribution is 0.00249. The average Bonchev–Trinajstić information content (AvgIpc) is 2.23. The smallest absolute Gasteiger partial charge is 0.127 e. The maximum Gasteiger partial charge on any atom is 0.127 e. The summed E-state index contributed by atoms with van der Waals surface area (Å²) in [6, 6.07) is 4.68. The molecule has 0 saturated carbocycles. The Labute approximate surface area is 102 Å². The lowest BCUT2D eigenvalue weighted by Gasteiger charge is -2.20. The van der Waals surface area contributed by atoms with Crippen molar-refractivity contribution in [1.29, 1.82) is 0 Å². The summed E-state index contributed by atoms with van der Waals surface area (Å²) in [6.07, 6.45) is 0. The Morgan fingerprint density at radius 3 is 2.81 bits per heavy atom. The fraction of sp³-hybridized carbons (Fsp3) is 0.455. The number of hydrogen-bond donors (Lipinski definition) is 3. The van der Waals surface area contributed by atoms with E-state index >= 15 is 0 Å². The van der Waals surface area contributed by atoms with Crippen LogP contribution in [0.5, 0.6) is 0 Å². The van der Waals surface area contributed by atoms with Gasteiger partial charge >= 0.3 is 0 Å². The largest absolute Gasteiger partial charge is 0.393 e. The molecule has 0 aliphatic carbocycles. The van der Waals surface area contributed by atoms with Crippen LogP contribution in [-0.4, -0.2) is 29.0 Å². The third-order valence-corrected chi connectivity index (χ3v) is 2.66. The van der Waals surface area contributed by atoms with E-state index in [9.17, 15) is 9.50 Å². The molecule has 0 amide bonds. The summed E-state index contributed by atoms with van der Waals surface area (Å²) in [6.45, 7) is 1.69. The van der Waals surface area contributed by atoms with E-state index in [-0.39, 0.29) is 19.0 Å². The van der Waals surface area contributed by atoms with E-state index in [1.54, 1.807) is 12.1 Å². The molecule has 1 rings (SSSR count). The van der Waals surface area contributed by atoms with E-state index < -0.39 is 5.60 Å². The highest BCUT2D eigenvalue weighted by atomic mass is 79.9. The standard InChI is InChI=1S/C11H15BrFNO2/c1-11(16,7-15)6-14-5-8-4-9(12)2-3-10(8)13/h2-4,14-16H,5-7H2,1H3. The molecule has 0 bridgehead atoms. The molecule has 3 nitrogen and oxygen atoms in total. The Morgan fingerprint density at radius 2 is 2.19 bits per heavy atom.